The standard InChI is InChI=1S/C14H11F3N4/c1-8-6-7-19-12-11(8)20-13(18)21(12)10-5-3-2-4-9(10)14(15,16)17/h2-7H,1H3,(H2,18,20). The first-order valence-corrected chi connectivity index (χ1v) is 6.15. The summed E-state index contributed by atoms with van der Waals surface area (Å²) in [6.07, 6.45) is -2.96. The van der Waals surface area contributed by atoms with E-state index in [2.05, 4.69) is 9.97 Å². The number of hydrogen-bond donors (Lipinski definition) is 1. The van der Waals surface area contributed by atoms with Gasteiger partial charge < -0.3 is 5.73 Å². The maximum absolute atomic E-state index is 13.2. The smallest absolute Gasteiger partial charge is 0.369 e. The first-order valence-electron chi connectivity index (χ1n) is 6.15. The van der Waals surface area contributed by atoms with E-state index in [-0.39, 0.29) is 11.6 Å². The molecule has 3 aromatic rings. The second-order valence-corrected chi connectivity index (χ2v) is 4.62. The molecule has 2 heterocycles. The van der Waals surface area contributed by atoms with E-state index in [9.17, 15) is 13.2 Å². The van der Waals surface area contributed by atoms with E-state index in [1.165, 1.54) is 29.0 Å². The first-order chi connectivity index (χ1) is 9.89. The third-order valence-electron chi connectivity index (χ3n) is 3.22. The highest BCUT2D eigenvalue weighted by molar-refractivity contribution is 5.80. The number of para-hydroxylation sites is 1. The van der Waals surface area contributed by atoms with Crippen LogP contribution in [0.15, 0.2) is 36.5 Å². The number of pyridine rings is 1. The summed E-state index contributed by atoms with van der Waals surface area (Å²) in [5, 5.41) is 0. The third-order valence-corrected chi connectivity index (χ3v) is 3.22. The fraction of sp³-hybridized carbons (Fsp3) is 0.143. The summed E-state index contributed by atoms with van der Waals surface area (Å²) in [7, 11) is 0. The quantitative estimate of drug-likeness (QED) is 0.748. The molecule has 0 fully saturated rings. The van der Waals surface area contributed by atoms with Crippen LogP contribution in [0.5, 0.6) is 0 Å². The summed E-state index contributed by atoms with van der Waals surface area (Å²) < 4.78 is 40.7. The Morgan fingerprint density at radius 2 is 1.86 bits per heavy atom. The molecule has 0 aliphatic heterocycles. The van der Waals surface area contributed by atoms with Gasteiger partial charge in [0.05, 0.1) is 11.3 Å². The fourth-order valence-corrected chi connectivity index (χ4v) is 2.26. The van der Waals surface area contributed by atoms with E-state index in [1.54, 1.807) is 13.0 Å². The van der Waals surface area contributed by atoms with Gasteiger partial charge in [-0.3, -0.25) is 4.57 Å². The number of aryl methyl sites for hydroxylation is 1. The number of halogens is 3. The van der Waals surface area contributed by atoms with Crippen LogP contribution in [-0.4, -0.2) is 14.5 Å². The normalized spacial score (nSPS) is 12.0. The minimum atomic E-state index is -4.48. The highest BCUT2D eigenvalue weighted by Gasteiger charge is 2.34. The molecule has 0 spiro atoms. The highest BCUT2D eigenvalue weighted by Crippen LogP contribution is 2.35. The average Bonchev–Trinajstić information content (AvgIpc) is 2.75. The van der Waals surface area contributed by atoms with Crippen molar-refractivity contribution in [2.75, 3.05) is 5.73 Å². The molecular weight excluding hydrogens is 281 g/mol. The number of anilines is 1. The number of nitrogens with zero attached hydrogens (tertiary/aromatic N) is 3. The Kier molecular flexibility index (Phi) is 2.86. The van der Waals surface area contributed by atoms with Crippen LogP contribution in [0.2, 0.25) is 0 Å². The molecule has 0 atom stereocenters. The van der Waals surface area contributed by atoms with Crippen LogP contribution in [0.4, 0.5) is 19.1 Å². The molecule has 0 amide bonds. The van der Waals surface area contributed by atoms with E-state index in [4.69, 9.17) is 5.73 Å². The zero-order valence-corrected chi connectivity index (χ0v) is 11.0. The van der Waals surface area contributed by atoms with Gasteiger partial charge in [0.25, 0.3) is 0 Å². The molecule has 1 aromatic carbocycles. The van der Waals surface area contributed by atoms with Crippen molar-refractivity contribution < 1.29 is 13.2 Å². The zero-order chi connectivity index (χ0) is 15.2. The Hall–Kier alpha value is -2.57. The molecule has 0 saturated heterocycles. The summed E-state index contributed by atoms with van der Waals surface area (Å²) in [6.45, 7) is 1.80. The third kappa shape index (κ3) is 2.10. The van der Waals surface area contributed by atoms with Gasteiger partial charge in [-0.2, -0.15) is 13.2 Å². The molecule has 0 saturated carbocycles. The van der Waals surface area contributed by atoms with Crippen LogP contribution >= 0.6 is 0 Å². The molecule has 0 unspecified atom stereocenters. The van der Waals surface area contributed by atoms with Gasteiger partial charge in [0.15, 0.2) is 5.65 Å². The lowest BCUT2D eigenvalue weighted by atomic mass is 10.1. The highest BCUT2D eigenvalue weighted by atomic mass is 19.4. The SMILES string of the molecule is Cc1ccnc2c1nc(N)n2-c1ccccc1C(F)(F)F. The Balaban J connectivity index is 2.37. The summed E-state index contributed by atoms with van der Waals surface area (Å²) in [5.74, 6) is -0.0245. The second-order valence-electron chi connectivity index (χ2n) is 4.62. The second kappa shape index (κ2) is 4.47. The number of nitrogen functional groups attached to an aromatic ring is 1. The average molecular weight is 292 g/mol. The molecule has 3 rings (SSSR count). The van der Waals surface area contributed by atoms with Crippen molar-refractivity contribution in [2.24, 2.45) is 0 Å². The molecule has 21 heavy (non-hydrogen) atoms. The number of fused-ring (bicyclic) bond motifs is 1. The largest absolute Gasteiger partial charge is 0.418 e. The monoisotopic (exact) mass is 292 g/mol. The Morgan fingerprint density at radius 1 is 1.14 bits per heavy atom. The predicted molar refractivity (Wildman–Crippen MR) is 73.0 cm³/mol. The maximum Gasteiger partial charge on any atom is 0.418 e. The first kappa shape index (κ1) is 13.4. The lowest BCUT2D eigenvalue weighted by Gasteiger charge is -2.14. The van der Waals surface area contributed by atoms with Gasteiger partial charge in [0.2, 0.25) is 5.95 Å². The maximum atomic E-state index is 13.2. The number of hydrogen-bond acceptors (Lipinski definition) is 3. The van der Waals surface area contributed by atoms with Crippen molar-refractivity contribution in [3.05, 3.63) is 47.7 Å². The van der Waals surface area contributed by atoms with Crippen molar-refractivity contribution in [1.82, 2.24) is 14.5 Å². The molecule has 2 N–H and O–H groups in total. The van der Waals surface area contributed by atoms with Gasteiger partial charge in [-0.25, -0.2) is 9.97 Å². The van der Waals surface area contributed by atoms with E-state index in [0.29, 0.717) is 11.2 Å². The van der Waals surface area contributed by atoms with E-state index >= 15 is 0 Å². The molecule has 0 radical (unpaired) electrons. The van der Waals surface area contributed by atoms with Gasteiger partial charge in [-0.05, 0) is 30.7 Å². The Labute approximate surface area is 118 Å². The number of aromatic nitrogens is 3. The molecule has 108 valence electrons. The molecule has 4 nitrogen and oxygen atoms in total. The van der Waals surface area contributed by atoms with Crippen LogP contribution in [0.1, 0.15) is 11.1 Å². The summed E-state index contributed by atoms with van der Waals surface area (Å²) in [6, 6.07) is 6.95. The van der Waals surface area contributed by atoms with E-state index in [0.717, 1.165) is 11.6 Å². The minimum absolute atomic E-state index is 0.0245. The van der Waals surface area contributed by atoms with Crippen LogP contribution < -0.4 is 5.73 Å². The van der Waals surface area contributed by atoms with Gasteiger partial charge in [0, 0.05) is 6.20 Å². The minimum Gasteiger partial charge on any atom is -0.369 e. The molecule has 0 aliphatic carbocycles. The molecule has 0 bridgehead atoms. The Bertz CT molecular complexity index is 821. The number of imidazole rings is 1. The topological polar surface area (TPSA) is 56.7 Å². The van der Waals surface area contributed by atoms with Gasteiger partial charge in [-0.15, -0.1) is 0 Å². The van der Waals surface area contributed by atoms with E-state index in [1.807, 2.05) is 0 Å². The number of nitrogens with two attached hydrogens (primary N) is 1. The molecular formula is C14H11F3N4. The molecule has 0 aliphatic rings. The van der Waals surface area contributed by atoms with Crippen molar-refractivity contribution in [3.63, 3.8) is 0 Å². The van der Waals surface area contributed by atoms with Crippen LogP contribution in [0, 0.1) is 6.92 Å². The van der Waals surface area contributed by atoms with Gasteiger partial charge in [0.1, 0.15) is 5.52 Å². The number of rotatable bonds is 1. The van der Waals surface area contributed by atoms with Crippen LogP contribution in [0.25, 0.3) is 16.9 Å². The van der Waals surface area contributed by atoms with Crippen molar-refractivity contribution >= 4 is 17.1 Å². The van der Waals surface area contributed by atoms with Crippen molar-refractivity contribution in [2.45, 2.75) is 13.1 Å². The van der Waals surface area contributed by atoms with Gasteiger partial charge >= 0.3 is 6.18 Å². The zero-order valence-electron chi connectivity index (χ0n) is 11.0. The summed E-state index contributed by atoms with van der Waals surface area (Å²) in [5.41, 5.74) is 6.55. The number of benzene rings is 1. The van der Waals surface area contributed by atoms with Crippen LogP contribution in [-0.2, 0) is 6.18 Å². The fourth-order valence-electron chi connectivity index (χ4n) is 2.26. The number of alkyl halides is 3. The Morgan fingerprint density at radius 3 is 2.57 bits per heavy atom. The summed E-state index contributed by atoms with van der Waals surface area (Å²) >= 11 is 0. The van der Waals surface area contributed by atoms with Crippen LogP contribution in [0.3, 0.4) is 0 Å². The lowest BCUT2D eigenvalue weighted by molar-refractivity contribution is -0.137. The predicted octanol–water partition coefficient (Wildman–Crippen LogP) is 3.33. The van der Waals surface area contributed by atoms with Gasteiger partial charge in [-0.1, -0.05) is 12.1 Å². The van der Waals surface area contributed by atoms with E-state index < -0.39 is 11.7 Å². The molecule has 2 aromatic heterocycles. The lowest BCUT2D eigenvalue weighted by Crippen LogP contribution is -2.12. The molecule has 7 heteroatoms. The van der Waals surface area contributed by atoms with Crippen molar-refractivity contribution in [3.8, 4) is 5.69 Å². The summed E-state index contributed by atoms with van der Waals surface area (Å²) in [4.78, 5) is 8.24. The van der Waals surface area contributed by atoms with Crippen molar-refractivity contribution in [1.29, 1.82) is 0 Å².